The highest BCUT2D eigenvalue weighted by Crippen LogP contribution is 2.12. The van der Waals surface area contributed by atoms with E-state index in [1.54, 1.807) is 0 Å². The fourth-order valence-corrected chi connectivity index (χ4v) is 2.64. The topological polar surface area (TPSA) is 123 Å². The number of amides is 2. The number of aromatic nitrogens is 3. The molecule has 0 fully saturated rings. The van der Waals surface area contributed by atoms with Crippen LogP contribution in [0, 0.1) is 12.7 Å². The van der Waals surface area contributed by atoms with Crippen molar-refractivity contribution in [2.75, 3.05) is 30.5 Å². The van der Waals surface area contributed by atoms with E-state index in [1.807, 2.05) is 0 Å². The van der Waals surface area contributed by atoms with Crippen LogP contribution in [0.4, 0.5) is 10.1 Å². The lowest BCUT2D eigenvalue weighted by Gasteiger charge is -2.16. The molecule has 0 bridgehead atoms. The molecule has 0 spiro atoms. The summed E-state index contributed by atoms with van der Waals surface area (Å²) in [6.07, 6.45) is 0. The number of nitrogen functional groups attached to an aromatic ring is 1. The monoisotopic (exact) mass is 380 g/mol. The number of carbonyl (C=O) groups is 2. The van der Waals surface area contributed by atoms with Crippen LogP contribution in [0.15, 0.2) is 34.2 Å². The zero-order valence-corrected chi connectivity index (χ0v) is 14.9. The van der Waals surface area contributed by atoms with Gasteiger partial charge >= 0.3 is 0 Å². The predicted octanol–water partition coefficient (Wildman–Crippen LogP) is -0.0112. The molecule has 0 radical (unpaired) electrons. The van der Waals surface area contributed by atoms with Gasteiger partial charge in [0.15, 0.2) is 0 Å². The first-order valence-electron chi connectivity index (χ1n) is 7.41. The quantitative estimate of drug-likeness (QED) is 0.534. The summed E-state index contributed by atoms with van der Waals surface area (Å²) in [5.74, 6) is 4.31. The average Bonchev–Trinajstić information content (AvgIpc) is 2.60. The number of carbonyl (C=O) groups excluding carboxylic acids is 2. The van der Waals surface area contributed by atoms with E-state index in [2.05, 4.69) is 15.5 Å². The molecule has 1 heterocycles. The Morgan fingerprint density at radius 2 is 1.96 bits per heavy atom. The zero-order valence-electron chi connectivity index (χ0n) is 14.1. The van der Waals surface area contributed by atoms with Crippen LogP contribution in [-0.4, -0.2) is 50.9 Å². The third kappa shape index (κ3) is 5.02. The molecule has 0 aliphatic heterocycles. The number of thioether (sulfide) groups is 1. The molecule has 0 aliphatic carbocycles. The van der Waals surface area contributed by atoms with Crippen molar-refractivity contribution in [3.05, 3.63) is 46.1 Å². The fraction of sp³-hybridized carbons (Fsp3) is 0.267. The summed E-state index contributed by atoms with van der Waals surface area (Å²) >= 11 is 0.939. The second-order valence-electron chi connectivity index (χ2n) is 5.34. The third-order valence-electron chi connectivity index (χ3n) is 3.28. The van der Waals surface area contributed by atoms with Crippen molar-refractivity contribution in [3.63, 3.8) is 0 Å². The normalized spacial score (nSPS) is 10.4. The van der Waals surface area contributed by atoms with Gasteiger partial charge in [0.25, 0.3) is 5.56 Å². The van der Waals surface area contributed by atoms with E-state index in [9.17, 15) is 18.8 Å². The Morgan fingerprint density at radius 3 is 2.62 bits per heavy atom. The number of nitrogens with zero attached hydrogens (tertiary/aromatic N) is 4. The van der Waals surface area contributed by atoms with Crippen LogP contribution < -0.4 is 16.7 Å². The Morgan fingerprint density at radius 1 is 1.31 bits per heavy atom. The molecule has 26 heavy (non-hydrogen) atoms. The number of hydrogen-bond donors (Lipinski definition) is 2. The van der Waals surface area contributed by atoms with Crippen molar-refractivity contribution < 1.29 is 14.0 Å². The van der Waals surface area contributed by atoms with Gasteiger partial charge in [0.05, 0.1) is 12.3 Å². The summed E-state index contributed by atoms with van der Waals surface area (Å²) in [7, 11) is 1.46. The zero-order chi connectivity index (χ0) is 19.3. The van der Waals surface area contributed by atoms with Crippen LogP contribution >= 0.6 is 11.8 Å². The Bertz CT molecular complexity index is 871. The summed E-state index contributed by atoms with van der Waals surface area (Å²) in [5, 5.41) is 10.1. The summed E-state index contributed by atoms with van der Waals surface area (Å²) in [4.78, 5) is 36.9. The Balaban J connectivity index is 1.87. The van der Waals surface area contributed by atoms with E-state index in [-0.39, 0.29) is 29.1 Å². The van der Waals surface area contributed by atoms with Crippen LogP contribution in [-0.2, 0) is 9.59 Å². The predicted molar refractivity (Wildman–Crippen MR) is 94.6 cm³/mol. The Hall–Kier alpha value is -2.95. The standard InChI is InChI=1S/C15H17FN6O3S/c1-9-14(25)22(17)15(20-19-9)26-8-13(24)21(2)7-12(23)18-11-5-3-10(16)4-6-11/h3-6H,7-8,17H2,1-2H3,(H,18,23). The van der Waals surface area contributed by atoms with Gasteiger partial charge in [0.2, 0.25) is 17.0 Å². The summed E-state index contributed by atoms with van der Waals surface area (Å²) in [6, 6.07) is 5.27. The first kappa shape index (κ1) is 19.4. The Labute approximate surface area is 152 Å². The van der Waals surface area contributed by atoms with Crippen LogP contribution in [0.3, 0.4) is 0 Å². The number of nitrogens with two attached hydrogens (primary N) is 1. The molecule has 11 heteroatoms. The van der Waals surface area contributed by atoms with E-state index < -0.39 is 17.3 Å². The van der Waals surface area contributed by atoms with Crippen molar-refractivity contribution in [2.45, 2.75) is 12.1 Å². The number of likely N-dealkylation sites (N-methyl/N-ethyl adjacent to an activating group) is 1. The van der Waals surface area contributed by atoms with Gasteiger partial charge in [-0.1, -0.05) is 11.8 Å². The maximum atomic E-state index is 12.8. The third-order valence-corrected chi connectivity index (χ3v) is 4.21. The van der Waals surface area contributed by atoms with Crippen LogP contribution in [0.5, 0.6) is 0 Å². The minimum Gasteiger partial charge on any atom is -0.336 e. The highest BCUT2D eigenvalue weighted by molar-refractivity contribution is 7.99. The highest BCUT2D eigenvalue weighted by Gasteiger charge is 2.16. The molecular weight excluding hydrogens is 363 g/mol. The molecule has 0 saturated heterocycles. The van der Waals surface area contributed by atoms with E-state index in [0.29, 0.717) is 5.69 Å². The van der Waals surface area contributed by atoms with Crippen molar-refractivity contribution in [3.8, 4) is 0 Å². The van der Waals surface area contributed by atoms with Gasteiger partial charge in [-0.25, -0.2) is 4.39 Å². The van der Waals surface area contributed by atoms with Crippen molar-refractivity contribution in [1.82, 2.24) is 19.8 Å². The Kier molecular flexibility index (Phi) is 6.28. The van der Waals surface area contributed by atoms with E-state index >= 15 is 0 Å². The second-order valence-corrected chi connectivity index (χ2v) is 6.28. The number of nitrogens with one attached hydrogen (secondary N) is 1. The lowest BCUT2D eigenvalue weighted by atomic mass is 10.3. The first-order valence-corrected chi connectivity index (χ1v) is 8.40. The van der Waals surface area contributed by atoms with E-state index in [0.717, 1.165) is 16.4 Å². The molecule has 3 N–H and O–H groups in total. The molecule has 1 aromatic heterocycles. The van der Waals surface area contributed by atoms with Crippen molar-refractivity contribution in [2.24, 2.45) is 0 Å². The molecule has 2 aromatic rings. The SMILES string of the molecule is Cc1nnc(SCC(=O)N(C)CC(=O)Nc2ccc(F)cc2)n(N)c1=O. The summed E-state index contributed by atoms with van der Waals surface area (Å²) in [5.41, 5.74) is 0.0773. The minimum absolute atomic E-state index is 0.0747. The molecule has 0 aliphatic rings. The van der Waals surface area contributed by atoms with Crippen LogP contribution in [0.25, 0.3) is 0 Å². The van der Waals surface area contributed by atoms with Gasteiger partial charge in [-0.15, -0.1) is 10.2 Å². The van der Waals surface area contributed by atoms with Gasteiger partial charge in [-0.05, 0) is 31.2 Å². The van der Waals surface area contributed by atoms with Crippen LogP contribution in [0.1, 0.15) is 5.69 Å². The first-order chi connectivity index (χ1) is 12.3. The molecule has 2 rings (SSSR count). The molecule has 9 nitrogen and oxygen atoms in total. The fourth-order valence-electron chi connectivity index (χ4n) is 1.84. The highest BCUT2D eigenvalue weighted by atomic mass is 32.2. The van der Waals surface area contributed by atoms with E-state index in [1.165, 1.54) is 43.1 Å². The second kappa shape index (κ2) is 8.43. The minimum atomic E-state index is -0.498. The molecule has 1 aromatic carbocycles. The van der Waals surface area contributed by atoms with Crippen molar-refractivity contribution in [1.29, 1.82) is 0 Å². The smallest absolute Gasteiger partial charge is 0.294 e. The molecule has 0 unspecified atom stereocenters. The van der Waals surface area contributed by atoms with Gasteiger partial charge in [0, 0.05) is 12.7 Å². The summed E-state index contributed by atoms with van der Waals surface area (Å²) in [6.45, 7) is 1.29. The number of benzene rings is 1. The maximum absolute atomic E-state index is 12.8. The maximum Gasteiger partial charge on any atom is 0.294 e. The van der Waals surface area contributed by atoms with Gasteiger partial charge in [0.1, 0.15) is 11.5 Å². The molecular formula is C15H17FN6O3S. The molecule has 0 saturated carbocycles. The number of hydrogen-bond acceptors (Lipinski definition) is 7. The number of rotatable bonds is 6. The molecule has 2 amide bonds. The largest absolute Gasteiger partial charge is 0.336 e. The van der Waals surface area contributed by atoms with Crippen LogP contribution in [0.2, 0.25) is 0 Å². The molecule has 0 atom stereocenters. The average molecular weight is 380 g/mol. The van der Waals surface area contributed by atoms with E-state index in [4.69, 9.17) is 5.84 Å². The summed E-state index contributed by atoms with van der Waals surface area (Å²) < 4.78 is 13.7. The molecule has 138 valence electrons. The van der Waals surface area contributed by atoms with Crippen molar-refractivity contribution >= 4 is 29.3 Å². The van der Waals surface area contributed by atoms with Gasteiger partial charge in [-0.3, -0.25) is 14.4 Å². The van der Waals surface area contributed by atoms with Gasteiger partial charge < -0.3 is 16.1 Å². The lowest BCUT2D eigenvalue weighted by molar-refractivity contribution is -0.131. The van der Waals surface area contributed by atoms with Gasteiger partial charge in [-0.2, -0.15) is 4.68 Å². The number of anilines is 1. The number of halogens is 1. The lowest BCUT2D eigenvalue weighted by Crippen LogP contribution is -2.36. The number of aryl methyl sites for hydroxylation is 1.